The quantitative estimate of drug-likeness (QED) is 0.296. The third-order valence-corrected chi connectivity index (χ3v) is 13.7. The fourth-order valence-corrected chi connectivity index (χ4v) is 11.2. The van der Waals surface area contributed by atoms with Gasteiger partial charge in [-0.1, -0.05) is 61.1 Å². The maximum absolute atomic E-state index is 14.7. The largest absolute Gasteiger partial charge is 0.497 e. The number of ether oxygens (including phenoxy) is 2. The fourth-order valence-electron chi connectivity index (χ4n) is 7.02. The average molecular weight is 623 g/mol. The number of nitrogens with zero attached hydrogens (tertiary/aromatic N) is 1. The molecule has 0 saturated carbocycles. The van der Waals surface area contributed by atoms with Gasteiger partial charge in [-0.05, 0) is 66.9 Å². The number of fused-ring (bicyclic) bond motifs is 2. The van der Waals surface area contributed by atoms with Gasteiger partial charge < -0.3 is 29.9 Å². The zero-order chi connectivity index (χ0) is 31.1. The van der Waals surface area contributed by atoms with Crippen LogP contribution in [0.4, 0.5) is 11.4 Å². The number of aliphatic hydroxyl groups excluding tert-OH is 2. The van der Waals surface area contributed by atoms with Crippen LogP contribution in [0.25, 0.3) is 0 Å². The number of hydrogen-bond acceptors (Lipinski definition) is 6. The molecule has 2 heterocycles. The molecular weight excluding hydrogens is 584 g/mol. The maximum Gasteiger partial charge on any atom is 0.264 e. The number of nitrogens with one attached hydrogen (secondary N) is 1. The second kappa shape index (κ2) is 12.1. The molecule has 5 atom stereocenters. The second-order valence-electron chi connectivity index (χ2n) is 12.1. The van der Waals surface area contributed by atoms with Crippen molar-refractivity contribution in [2.24, 2.45) is 5.92 Å². The van der Waals surface area contributed by atoms with Crippen LogP contribution in [0.15, 0.2) is 66.7 Å². The highest BCUT2D eigenvalue weighted by Gasteiger charge is 2.66. The van der Waals surface area contributed by atoms with Gasteiger partial charge in [-0.2, -0.15) is 0 Å². The molecule has 1 saturated heterocycles. The summed E-state index contributed by atoms with van der Waals surface area (Å²) in [5.74, 6) is -0.0988. The highest BCUT2D eigenvalue weighted by atomic mass is 35.5. The number of aliphatic hydroxyl groups is 2. The Balaban J connectivity index is 1.55. The fraction of sp³-hybridized carbons (Fsp3) is 0.394. The van der Waals surface area contributed by atoms with E-state index in [-0.39, 0.29) is 36.6 Å². The minimum atomic E-state index is -2.29. The lowest BCUT2D eigenvalue weighted by Crippen LogP contribution is -2.51. The van der Waals surface area contributed by atoms with Gasteiger partial charge >= 0.3 is 0 Å². The van der Waals surface area contributed by atoms with Crippen LogP contribution in [-0.2, 0) is 26.5 Å². The Morgan fingerprint density at radius 2 is 1.88 bits per heavy atom. The number of halogens is 1. The predicted molar refractivity (Wildman–Crippen MR) is 171 cm³/mol. The van der Waals surface area contributed by atoms with E-state index in [4.69, 9.17) is 21.1 Å². The van der Waals surface area contributed by atoms with Crippen LogP contribution >= 0.6 is 11.6 Å². The number of carbonyl (C=O) groups is 2. The first-order valence-electron chi connectivity index (χ1n) is 14.6. The molecule has 0 aromatic heterocycles. The van der Waals surface area contributed by atoms with E-state index in [1.165, 1.54) is 12.1 Å². The molecule has 0 aliphatic carbocycles. The summed E-state index contributed by atoms with van der Waals surface area (Å²) in [6.45, 7) is 8.29. The van der Waals surface area contributed by atoms with Crippen molar-refractivity contribution in [3.05, 3.63) is 82.9 Å². The van der Waals surface area contributed by atoms with Crippen LogP contribution in [0.3, 0.4) is 0 Å². The smallest absolute Gasteiger partial charge is 0.264 e. The molecule has 5 rings (SSSR count). The van der Waals surface area contributed by atoms with Crippen LogP contribution in [0.2, 0.25) is 23.7 Å². The van der Waals surface area contributed by atoms with Crippen LogP contribution in [0.1, 0.15) is 31.4 Å². The number of carbonyl (C=O) groups excluding carboxylic acids is 2. The Labute approximate surface area is 258 Å². The molecule has 43 heavy (non-hydrogen) atoms. The molecule has 1 fully saturated rings. The van der Waals surface area contributed by atoms with Gasteiger partial charge in [0, 0.05) is 28.8 Å². The Morgan fingerprint density at radius 1 is 1.16 bits per heavy atom. The molecular formula is C33H39ClN2O6Si. The first kappa shape index (κ1) is 31.2. The third-order valence-electron chi connectivity index (χ3n) is 9.13. The monoisotopic (exact) mass is 622 g/mol. The Kier molecular flexibility index (Phi) is 8.75. The van der Waals surface area contributed by atoms with Crippen molar-refractivity contribution in [2.75, 3.05) is 23.9 Å². The zero-order valence-electron chi connectivity index (χ0n) is 25.1. The van der Waals surface area contributed by atoms with Crippen molar-refractivity contribution in [1.29, 1.82) is 0 Å². The van der Waals surface area contributed by atoms with Crippen molar-refractivity contribution >= 4 is 48.1 Å². The summed E-state index contributed by atoms with van der Waals surface area (Å²) < 4.78 is 12.3. The normalized spacial score (nSPS) is 23.9. The summed E-state index contributed by atoms with van der Waals surface area (Å²) in [6.07, 6.45) is -1.07. The van der Waals surface area contributed by atoms with Crippen molar-refractivity contribution in [1.82, 2.24) is 0 Å². The molecule has 2 aliphatic rings. The van der Waals surface area contributed by atoms with Crippen LogP contribution < -0.4 is 20.1 Å². The summed E-state index contributed by atoms with van der Waals surface area (Å²) in [5.41, 5.74) is 1.55. The Hall–Kier alpha value is -3.21. The van der Waals surface area contributed by atoms with Gasteiger partial charge in [-0.15, -0.1) is 0 Å². The van der Waals surface area contributed by atoms with E-state index in [9.17, 15) is 19.8 Å². The molecule has 0 radical (unpaired) electrons. The first-order valence-corrected chi connectivity index (χ1v) is 18.0. The summed E-state index contributed by atoms with van der Waals surface area (Å²) in [4.78, 5) is 28.5. The topological polar surface area (TPSA) is 108 Å². The standard InChI is InChI=1S/C33H39ClN2O6Si/c1-20-30(43(4,5)26-12-10-25(41-3)11-13-26)29(15-16-37)42-33(20)27-18-23(34)9-14-28(27)36(32(33)40)19-22-7-6-8-24(17-22)35-31(39)21(2)38/h6-14,17-18,20-21,29-30,37-38H,15-16,19H2,1-5H3,(H,35,39)/t20-,21+,29+,30-,33+/m1/s1. The van der Waals surface area contributed by atoms with Gasteiger partial charge in [0.1, 0.15) is 11.9 Å². The molecule has 3 N–H and O–H groups in total. The van der Waals surface area contributed by atoms with E-state index < -0.39 is 25.7 Å². The van der Waals surface area contributed by atoms with Gasteiger partial charge in [-0.25, -0.2) is 0 Å². The van der Waals surface area contributed by atoms with Crippen LogP contribution in [-0.4, -0.2) is 56.0 Å². The van der Waals surface area contributed by atoms with E-state index in [2.05, 4.69) is 37.5 Å². The number of hydrogen-bond donors (Lipinski definition) is 3. The highest BCUT2D eigenvalue weighted by Crippen LogP contribution is 2.60. The van der Waals surface area contributed by atoms with Gasteiger partial charge in [0.2, 0.25) is 0 Å². The van der Waals surface area contributed by atoms with Crippen molar-refractivity contribution < 1.29 is 29.3 Å². The predicted octanol–water partition coefficient (Wildman–Crippen LogP) is 4.81. The molecule has 3 aromatic rings. The number of rotatable bonds is 9. The zero-order valence-corrected chi connectivity index (χ0v) is 26.9. The molecule has 0 unspecified atom stereocenters. The summed E-state index contributed by atoms with van der Waals surface area (Å²) >= 11 is 6.54. The summed E-state index contributed by atoms with van der Waals surface area (Å²) in [6, 6.07) is 20.9. The molecule has 8 nitrogen and oxygen atoms in total. The van der Waals surface area contributed by atoms with Crippen LogP contribution in [0.5, 0.6) is 5.75 Å². The lowest BCUT2D eigenvalue weighted by molar-refractivity contribution is -0.146. The maximum atomic E-state index is 14.7. The summed E-state index contributed by atoms with van der Waals surface area (Å²) in [5, 5.41) is 24.2. The minimum Gasteiger partial charge on any atom is -0.497 e. The number of methoxy groups -OCH3 is 1. The third kappa shape index (κ3) is 5.49. The lowest BCUT2D eigenvalue weighted by Gasteiger charge is -2.37. The van der Waals surface area contributed by atoms with E-state index in [1.807, 2.05) is 30.3 Å². The van der Waals surface area contributed by atoms with Crippen molar-refractivity contribution in [2.45, 2.75) is 63.3 Å². The molecule has 1 spiro atoms. The molecule has 0 bridgehead atoms. The highest BCUT2D eigenvalue weighted by molar-refractivity contribution is 6.91. The van der Waals surface area contributed by atoms with E-state index in [0.717, 1.165) is 22.6 Å². The van der Waals surface area contributed by atoms with Gasteiger partial charge in [0.25, 0.3) is 11.8 Å². The van der Waals surface area contributed by atoms with Gasteiger partial charge in [0.05, 0.1) is 33.5 Å². The van der Waals surface area contributed by atoms with Gasteiger partial charge in [0.15, 0.2) is 5.60 Å². The molecule has 3 aromatic carbocycles. The Morgan fingerprint density at radius 3 is 2.53 bits per heavy atom. The van der Waals surface area contributed by atoms with Crippen LogP contribution in [0, 0.1) is 5.92 Å². The minimum absolute atomic E-state index is 0.0165. The molecule has 2 amide bonds. The molecule has 228 valence electrons. The average Bonchev–Trinajstić information content (AvgIpc) is 3.40. The Bertz CT molecular complexity index is 1510. The van der Waals surface area contributed by atoms with Gasteiger partial charge in [-0.3, -0.25) is 9.59 Å². The lowest BCUT2D eigenvalue weighted by atomic mass is 9.82. The number of anilines is 2. The summed E-state index contributed by atoms with van der Waals surface area (Å²) in [7, 11) is -0.642. The number of benzene rings is 3. The molecule has 10 heteroatoms. The van der Waals surface area contributed by atoms with E-state index in [0.29, 0.717) is 17.1 Å². The molecule has 2 aliphatic heterocycles. The second-order valence-corrected chi connectivity index (χ2v) is 17.2. The first-order chi connectivity index (χ1) is 20.4. The van der Waals surface area contributed by atoms with Crippen molar-refractivity contribution in [3.63, 3.8) is 0 Å². The number of amides is 2. The van der Waals surface area contributed by atoms with E-state index >= 15 is 0 Å². The van der Waals surface area contributed by atoms with E-state index in [1.54, 1.807) is 36.3 Å². The van der Waals surface area contributed by atoms with Crippen molar-refractivity contribution in [3.8, 4) is 5.75 Å². The SMILES string of the molecule is COc1ccc([Si](C)(C)[C@H]2[C@H](CCO)O[C@@]3(C(=O)N(Cc4cccc(NC(=O)[C@H](C)O)c4)c4ccc(Cl)cc43)[C@@H]2C)cc1.